The van der Waals surface area contributed by atoms with Crippen LogP contribution in [0.1, 0.15) is 70.3 Å². The van der Waals surface area contributed by atoms with E-state index in [4.69, 9.17) is 9.84 Å². The Hall–Kier alpha value is -2.34. The second kappa shape index (κ2) is 9.26. The summed E-state index contributed by atoms with van der Waals surface area (Å²) < 4.78 is 7.72. The highest BCUT2D eigenvalue weighted by molar-refractivity contribution is 5.77. The molecule has 2 aromatic rings. The largest absolute Gasteiger partial charge is 0.494 e. The van der Waals surface area contributed by atoms with Crippen molar-refractivity contribution in [2.45, 2.75) is 78.9 Å². The van der Waals surface area contributed by atoms with Gasteiger partial charge in [-0.15, -0.1) is 0 Å². The van der Waals surface area contributed by atoms with E-state index in [-0.39, 0.29) is 11.3 Å². The fourth-order valence-corrected chi connectivity index (χ4v) is 4.70. The zero-order chi connectivity index (χ0) is 22.9. The van der Waals surface area contributed by atoms with Crippen LogP contribution in [0.4, 0.5) is 0 Å². The topological polar surface area (TPSA) is 50.6 Å². The van der Waals surface area contributed by atoms with Gasteiger partial charge in [0.25, 0.3) is 0 Å². The average Bonchev–Trinajstić information content (AvgIpc) is 3.53. The highest BCUT2D eigenvalue weighted by Gasteiger charge is 2.36. The average molecular weight is 439 g/mol. The number of ether oxygens (including phenoxy) is 1. The van der Waals surface area contributed by atoms with Gasteiger partial charge in [-0.3, -0.25) is 9.69 Å². The lowest BCUT2D eigenvalue weighted by Gasteiger charge is -2.29. The van der Waals surface area contributed by atoms with Crippen LogP contribution >= 0.6 is 0 Å². The molecule has 1 fully saturated rings. The second-order valence-electron chi connectivity index (χ2n) is 10.5. The zero-order valence-electron chi connectivity index (χ0n) is 20.4. The molecule has 2 heterocycles. The van der Waals surface area contributed by atoms with Gasteiger partial charge in [-0.2, -0.15) is 5.10 Å². The summed E-state index contributed by atoms with van der Waals surface area (Å²) in [6.07, 6.45) is 4.88. The third-order valence-corrected chi connectivity index (χ3v) is 6.38. The van der Waals surface area contributed by atoms with Crippen molar-refractivity contribution in [3.63, 3.8) is 0 Å². The molecule has 0 radical (unpaired) electrons. The minimum absolute atomic E-state index is 0.0155. The molecule has 0 unspecified atom stereocenters. The van der Waals surface area contributed by atoms with Crippen LogP contribution in [0.3, 0.4) is 0 Å². The highest BCUT2D eigenvalue weighted by Crippen LogP contribution is 2.34. The molecule has 1 aliphatic carbocycles. The van der Waals surface area contributed by atoms with Gasteiger partial charge in [0.1, 0.15) is 11.4 Å². The first-order chi connectivity index (χ1) is 15.3. The van der Waals surface area contributed by atoms with Crippen molar-refractivity contribution in [3.05, 3.63) is 41.2 Å². The van der Waals surface area contributed by atoms with E-state index in [9.17, 15) is 4.79 Å². The van der Waals surface area contributed by atoms with Crippen molar-refractivity contribution in [2.24, 2.45) is 5.41 Å². The molecule has 0 atom stereocenters. The summed E-state index contributed by atoms with van der Waals surface area (Å²) in [7, 11) is 1.71. The van der Waals surface area contributed by atoms with Gasteiger partial charge in [0, 0.05) is 37.5 Å². The zero-order valence-corrected chi connectivity index (χ0v) is 20.4. The fraction of sp³-hybridized carbons (Fsp3) is 0.615. The molecule has 32 heavy (non-hydrogen) atoms. The lowest BCUT2D eigenvalue weighted by Crippen LogP contribution is -2.36. The van der Waals surface area contributed by atoms with Gasteiger partial charge in [-0.1, -0.05) is 39.8 Å². The second-order valence-corrected chi connectivity index (χ2v) is 10.5. The van der Waals surface area contributed by atoms with Crippen molar-refractivity contribution in [3.8, 4) is 11.4 Å². The number of carbonyl (C=O) groups excluding carboxylic acids is 1. The number of fused-ring (bicyclic) bond motifs is 1. The maximum Gasteiger partial charge on any atom is 0.223 e. The Bertz CT molecular complexity index is 955. The molecular weight excluding hydrogens is 400 g/mol. The number of amides is 1. The Balaban J connectivity index is 1.71. The van der Waals surface area contributed by atoms with Gasteiger partial charge < -0.3 is 9.64 Å². The van der Waals surface area contributed by atoms with E-state index in [0.29, 0.717) is 19.0 Å². The van der Waals surface area contributed by atoms with E-state index in [1.54, 1.807) is 7.11 Å². The Morgan fingerprint density at radius 1 is 1.25 bits per heavy atom. The summed E-state index contributed by atoms with van der Waals surface area (Å²) in [4.78, 5) is 17.8. The molecule has 1 aliphatic heterocycles. The first kappa shape index (κ1) is 22.8. The number of benzene rings is 1. The molecule has 6 nitrogen and oxygen atoms in total. The van der Waals surface area contributed by atoms with Crippen LogP contribution in [0.2, 0.25) is 0 Å². The monoisotopic (exact) mass is 438 g/mol. The molecule has 174 valence electrons. The number of para-hydroxylation sites is 2. The van der Waals surface area contributed by atoms with E-state index in [1.807, 2.05) is 18.2 Å². The minimum atomic E-state index is -0.0155. The van der Waals surface area contributed by atoms with Crippen molar-refractivity contribution in [1.82, 2.24) is 19.6 Å². The molecule has 1 amide bonds. The first-order valence-electron chi connectivity index (χ1n) is 12.1. The van der Waals surface area contributed by atoms with E-state index in [0.717, 1.165) is 62.4 Å². The molecule has 4 rings (SSSR count). The summed E-state index contributed by atoms with van der Waals surface area (Å²) in [5.41, 5.74) is 4.56. The maximum absolute atomic E-state index is 13.2. The number of hydrogen-bond acceptors (Lipinski definition) is 4. The van der Waals surface area contributed by atoms with Crippen LogP contribution < -0.4 is 4.74 Å². The van der Waals surface area contributed by atoms with Gasteiger partial charge >= 0.3 is 0 Å². The van der Waals surface area contributed by atoms with Crippen LogP contribution in [0.5, 0.6) is 5.75 Å². The number of methoxy groups -OCH3 is 1. The standard InChI is InChI=1S/C26H38N4O2/c1-6-14-28-15-13-22-20(17-28)21(27-30(22)23-9-7-8-10-24(23)32-5)18-29(19-11-12-19)25(31)16-26(2,3)4/h7-10,19H,6,11-18H2,1-5H3. The van der Waals surface area contributed by atoms with Crippen LogP contribution in [-0.2, 0) is 24.3 Å². The third-order valence-electron chi connectivity index (χ3n) is 6.38. The van der Waals surface area contributed by atoms with E-state index < -0.39 is 0 Å². The third kappa shape index (κ3) is 5.01. The molecule has 0 saturated heterocycles. The molecule has 2 aliphatic rings. The summed E-state index contributed by atoms with van der Waals surface area (Å²) in [5.74, 6) is 1.07. The highest BCUT2D eigenvalue weighted by atomic mass is 16.5. The summed E-state index contributed by atoms with van der Waals surface area (Å²) in [6.45, 7) is 12.3. The molecule has 0 N–H and O–H groups in total. The Labute approximate surface area is 192 Å². The summed E-state index contributed by atoms with van der Waals surface area (Å²) in [5, 5.41) is 5.11. The van der Waals surface area contributed by atoms with Crippen LogP contribution in [0.25, 0.3) is 5.69 Å². The van der Waals surface area contributed by atoms with Crippen molar-refractivity contribution in [2.75, 3.05) is 20.2 Å². The first-order valence-corrected chi connectivity index (χ1v) is 12.1. The molecule has 1 saturated carbocycles. The molecular formula is C26H38N4O2. The lowest BCUT2D eigenvalue weighted by molar-refractivity contribution is -0.134. The number of aromatic nitrogens is 2. The van der Waals surface area contributed by atoms with E-state index >= 15 is 0 Å². The Morgan fingerprint density at radius 3 is 2.66 bits per heavy atom. The molecule has 6 heteroatoms. The van der Waals surface area contributed by atoms with Gasteiger partial charge in [0.15, 0.2) is 0 Å². The maximum atomic E-state index is 13.2. The van der Waals surface area contributed by atoms with Gasteiger partial charge in [0.05, 0.1) is 25.0 Å². The minimum Gasteiger partial charge on any atom is -0.494 e. The van der Waals surface area contributed by atoms with Gasteiger partial charge in [-0.25, -0.2) is 4.68 Å². The summed E-state index contributed by atoms with van der Waals surface area (Å²) >= 11 is 0. The van der Waals surface area contributed by atoms with Crippen LogP contribution in [0, 0.1) is 5.41 Å². The van der Waals surface area contributed by atoms with Crippen molar-refractivity contribution in [1.29, 1.82) is 0 Å². The fourth-order valence-electron chi connectivity index (χ4n) is 4.70. The number of nitrogens with zero attached hydrogens (tertiary/aromatic N) is 4. The molecule has 0 spiro atoms. The number of carbonyl (C=O) groups is 1. The summed E-state index contributed by atoms with van der Waals surface area (Å²) in [6, 6.07) is 8.44. The SMILES string of the molecule is CCCN1CCc2c(c(CN(C(=O)CC(C)(C)C)C3CC3)nn2-c2ccccc2OC)C1. The number of hydrogen-bond donors (Lipinski definition) is 0. The van der Waals surface area contributed by atoms with E-state index in [2.05, 4.69) is 48.2 Å². The van der Waals surface area contributed by atoms with Gasteiger partial charge in [0.2, 0.25) is 5.91 Å². The smallest absolute Gasteiger partial charge is 0.223 e. The lowest BCUT2D eigenvalue weighted by atomic mass is 9.91. The molecule has 1 aromatic carbocycles. The molecule has 1 aromatic heterocycles. The van der Waals surface area contributed by atoms with Crippen LogP contribution in [-0.4, -0.2) is 51.7 Å². The van der Waals surface area contributed by atoms with Gasteiger partial charge in [-0.05, 0) is 43.4 Å². The Kier molecular flexibility index (Phi) is 6.61. The molecule has 0 bridgehead atoms. The van der Waals surface area contributed by atoms with Crippen molar-refractivity contribution >= 4 is 5.91 Å². The normalized spacial score (nSPS) is 16.7. The predicted molar refractivity (Wildman–Crippen MR) is 127 cm³/mol. The number of rotatable bonds is 8. The quantitative estimate of drug-likeness (QED) is 0.606. The van der Waals surface area contributed by atoms with E-state index in [1.165, 1.54) is 11.3 Å². The predicted octanol–water partition coefficient (Wildman–Crippen LogP) is 4.58. The van der Waals surface area contributed by atoms with Crippen LogP contribution in [0.15, 0.2) is 24.3 Å². The van der Waals surface area contributed by atoms with Crippen molar-refractivity contribution < 1.29 is 9.53 Å². The Morgan fingerprint density at radius 2 is 2.00 bits per heavy atom.